The van der Waals surface area contributed by atoms with Gasteiger partial charge in [-0.2, -0.15) is 26.3 Å². The van der Waals surface area contributed by atoms with Gasteiger partial charge in [-0.1, -0.05) is 98.1 Å². The molecule has 4 nitrogen and oxygen atoms in total. The summed E-state index contributed by atoms with van der Waals surface area (Å²) < 4.78 is 78.7. The standard InChI is InChI=1S/C40H38F6N2O2/c41-39(42,43)25-47-37(50)38(34-14-5-3-11-31(34)32-12-4-6-15-35(32)38)24-8-7-9-26-16-22-29(23-17-26)48-36(49)33-13-2-1-10-30(33)27-18-20-28(21-19-27)40(44,45)46/h1-6,10-15,18-21,26,29H,7-9,16-17,22-25H2,(H,47,50)(H,48,49). The van der Waals surface area contributed by atoms with E-state index in [0.717, 1.165) is 72.9 Å². The van der Waals surface area contributed by atoms with E-state index in [1.165, 1.54) is 12.1 Å². The second kappa shape index (κ2) is 14.3. The van der Waals surface area contributed by atoms with Gasteiger partial charge in [0, 0.05) is 11.6 Å². The fourth-order valence-electron chi connectivity index (χ4n) is 7.74. The van der Waals surface area contributed by atoms with E-state index in [0.29, 0.717) is 35.4 Å². The molecule has 0 unspecified atom stereocenters. The van der Waals surface area contributed by atoms with Crippen molar-refractivity contribution in [2.24, 2.45) is 5.92 Å². The van der Waals surface area contributed by atoms with Crippen LogP contribution < -0.4 is 10.6 Å². The molecule has 10 heteroatoms. The van der Waals surface area contributed by atoms with Crippen molar-refractivity contribution < 1.29 is 35.9 Å². The molecule has 4 aromatic carbocycles. The van der Waals surface area contributed by atoms with E-state index < -0.39 is 35.8 Å². The van der Waals surface area contributed by atoms with Crippen molar-refractivity contribution in [3.63, 3.8) is 0 Å². The average Bonchev–Trinajstić information content (AvgIpc) is 3.39. The Labute approximate surface area is 287 Å². The molecule has 0 atom stereocenters. The molecular formula is C40H38F6N2O2. The van der Waals surface area contributed by atoms with Gasteiger partial charge in [0.2, 0.25) is 5.91 Å². The van der Waals surface area contributed by atoms with Crippen molar-refractivity contribution in [3.05, 3.63) is 119 Å². The molecule has 6 rings (SSSR count). The van der Waals surface area contributed by atoms with E-state index in [2.05, 4.69) is 10.6 Å². The average molecular weight is 693 g/mol. The van der Waals surface area contributed by atoms with Crippen LogP contribution in [0.3, 0.4) is 0 Å². The predicted octanol–water partition coefficient (Wildman–Crippen LogP) is 9.87. The van der Waals surface area contributed by atoms with E-state index in [1.807, 2.05) is 48.5 Å². The molecule has 0 spiro atoms. The highest BCUT2D eigenvalue weighted by Gasteiger charge is 2.49. The molecule has 0 aliphatic heterocycles. The van der Waals surface area contributed by atoms with Crippen molar-refractivity contribution in [1.82, 2.24) is 10.6 Å². The van der Waals surface area contributed by atoms with Crippen molar-refractivity contribution in [1.29, 1.82) is 0 Å². The van der Waals surface area contributed by atoms with Crippen LogP contribution in [0.15, 0.2) is 97.1 Å². The lowest BCUT2D eigenvalue weighted by molar-refractivity contribution is -0.141. The van der Waals surface area contributed by atoms with Gasteiger partial charge in [0.1, 0.15) is 12.0 Å². The number of alkyl halides is 6. The third-order valence-corrected chi connectivity index (χ3v) is 10.2. The zero-order valence-corrected chi connectivity index (χ0v) is 27.3. The van der Waals surface area contributed by atoms with Crippen LogP contribution in [0.5, 0.6) is 0 Å². The molecule has 0 saturated heterocycles. The zero-order valence-electron chi connectivity index (χ0n) is 27.3. The molecule has 0 aromatic heterocycles. The molecule has 2 N–H and O–H groups in total. The maximum absolute atomic E-state index is 13.7. The lowest BCUT2D eigenvalue weighted by Crippen LogP contribution is -2.47. The van der Waals surface area contributed by atoms with Gasteiger partial charge in [-0.25, -0.2) is 0 Å². The van der Waals surface area contributed by atoms with E-state index in [9.17, 15) is 35.9 Å². The molecule has 4 aromatic rings. The van der Waals surface area contributed by atoms with Gasteiger partial charge in [-0.15, -0.1) is 0 Å². The lowest BCUT2D eigenvalue weighted by Gasteiger charge is -2.32. The SMILES string of the molecule is O=C(NC1CCC(CCCCC2(C(=O)NCC(F)(F)F)c3ccccc3-c3ccccc32)CC1)c1ccccc1-c1ccc(C(F)(F)F)cc1. The molecule has 0 heterocycles. The van der Waals surface area contributed by atoms with E-state index in [-0.39, 0.29) is 11.9 Å². The summed E-state index contributed by atoms with van der Waals surface area (Å²) in [5, 5.41) is 5.31. The van der Waals surface area contributed by atoms with Crippen molar-refractivity contribution in [2.45, 2.75) is 75.2 Å². The second-order valence-corrected chi connectivity index (χ2v) is 13.4. The monoisotopic (exact) mass is 692 g/mol. The summed E-state index contributed by atoms with van der Waals surface area (Å²) in [6, 6.07) is 26.5. The maximum atomic E-state index is 13.7. The van der Waals surface area contributed by atoms with Gasteiger partial charge in [-0.3, -0.25) is 9.59 Å². The van der Waals surface area contributed by atoms with Crippen LogP contribution >= 0.6 is 0 Å². The smallest absolute Gasteiger partial charge is 0.349 e. The topological polar surface area (TPSA) is 58.2 Å². The predicted molar refractivity (Wildman–Crippen MR) is 180 cm³/mol. The molecule has 50 heavy (non-hydrogen) atoms. The minimum Gasteiger partial charge on any atom is -0.349 e. The van der Waals surface area contributed by atoms with Crippen LogP contribution in [0.4, 0.5) is 26.3 Å². The van der Waals surface area contributed by atoms with Gasteiger partial charge >= 0.3 is 12.4 Å². The number of benzene rings is 4. The largest absolute Gasteiger partial charge is 0.416 e. The number of amides is 2. The van der Waals surface area contributed by atoms with Crippen LogP contribution in [0.1, 0.15) is 78.4 Å². The Morgan fingerprint density at radius 3 is 1.82 bits per heavy atom. The highest BCUT2D eigenvalue weighted by molar-refractivity contribution is 6.01. The minimum absolute atomic E-state index is 0.0356. The molecule has 1 saturated carbocycles. The summed E-state index contributed by atoms with van der Waals surface area (Å²) in [7, 11) is 0. The number of hydrogen-bond acceptors (Lipinski definition) is 2. The Kier molecular flexibility index (Phi) is 10.1. The number of nitrogens with one attached hydrogen (secondary N) is 2. The number of carbonyl (C=O) groups is 2. The highest BCUT2D eigenvalue weighted by atomic mass is 19.4. The Bertz CT molecular complexity index is 1780. The molecule has 1 fully saturated rings. The molecule has 2 amide bonds. The Morgan fingerprint density at radius 1 is 0.680 bits per heavy atom. The zero-order chi connectivity index (χ0) is 35.5. The molecule has 2 aliphatic carbocycles. The number of fused-ring (bicyclic) bond motifs is 3. The number of carbonyl (C=O) groups excluding carboxylic acids is 2. The first-order chi connectivity index (χ1) is 23.9. The quantitative estimate of drug-likeness (QED) is 0.128. The lowest BCUT2D eigenvalue weighted by atomic mass is 9.73. The number of rotatable bonds is 10. The summed E-state index contributed by atoms with van der Waals surface area (Å²) in [4.78, 5) is 27.1. The first-order valence-electron chi connectivity index (χ1n) is 17.0. The Balaban J connectivity index is 1.05. The molecular weight excluding hydrogens is 654 g/mol. The summed E-state index contributed by atoms with van der Waals surface area (Å²) >= 11 is 0. The number of unbranched alkanes of at least 4 members (excludes halogenated alkanes) is 1. The summed E-state index contributed by atoms with van der Waals surface area (Å²) in [6.45, 7) is -1.39. The van der Waals surface area contributed by atoms with Gasteiger partial charge in [-0.05, 0) is 89.6 Å². The first kappa shape index (κ1) is 35.2. The Hall–Kier alpha value is -4.60. The fourth-order valence-corrected chi connectivity index (χ4v) is 7.74. The molecule has 262 valence electrons. The normalized spacial score (nSPS) is 18.2. The molecule has 0 bridgehead atoms. The number of halogens is 6. The van der Waals surface area contributed by atoms with Crippen molar-refractivity contribution in [2.75, 3.05) is 6.54 Å². The van der Waals surface area contributed by atoms with Gasteiger partial charge < -0.3 is 10.6 Å². The van der Waals surface area contributed by atoms with Crippen molar-refractivity contribution in [3.8, 4) is 22.3 Å². The van der Waals surface area contributed by atoms with Crippen LogP contribution in [0.2, 0.25) is 0 Å². The third-order valence-electron chi connectivity index (χ3n) is 10.2. The number of hydrogen-bond donors (Lipinski definition) is 2. The van der Waals surface area contributed by atoms with E-state index in [4.69, 9.17) is 0 Å². The van der Waals surface area contributed by atoms with Crippen LogP contribution in [0.25, 0.3) is 22.3 Å². The van der Waals surface area contributed by atoms with E-state index >= 15 is 0 Å². The van der Waals surface area contributed by atoms with Gasteiger partial charge in [0.05, 0.1) is 5.56 Å². The van der Waals surface area contributed by atoms with Crippen LogP contribution in [-0.2, 0) is 16.4 Å². The first-order valence-corrected chi connectivity index (χ1v) is 17.0. The summed E-state index contributed by atoms with van der Waals surface area (Å²) in [6.07, 6.45) is -2.87. The Morgan fingerprint density at radius 2 is 1.24 bits per heavy atom. The molecule has 2 aliphatic rings. The van der Waals surface area contributed by atoms with Gasteiger partial charge in [0.25, 0.3) is 5.91 Å². The second-order valence-electron chi connectivity index (χ2n) is 13.4. The van der Waals surface area contributed by atoms with Crippen molar-refractivity contribution >= 4 is 11.8 Å². The summed E-state index contributed by atoms with van der Waals surface area (Å²) in [5.41, 5.74) is 2.73. The van der Waals surface area contributed by atoms with Crippen LogP contribution in [0, 0.1) is 5.92 Å². The summed E-state index contributed by atoms with van der Waals surface area (Å²) in [5.74, 6) is -0.487. The maximum Gasteiger partial charge on any atom is 0.416 e. The third kappa shape index (κ3) is 7.44. The highest BCUT2D eigenvalue weighted by Crippen LogP contribution is 2.52. The van der Waals surface area contributed by atoms with E-state index in [1.54, 1.807) is 24.3 Å². The van der Waals surface area contributed by atoms with Gasteiger partial charge in [0.15, 0.2) is 0 Å². The molecule has 0 radical (unpaired) electrons. The minimum atomic E-state index is -4.53. The van der Waals surface area contributed by atoms with Crippen LogP contribution in [-0.4, -0.2) is 30.6 Å². The fraction of sp³-hybridized carbons (Fsp3) is 0.350.